The first-order valence-electron chi connectivity index (χ1n) is 6.63. The largest absolute Gasteiger partial charge is 0.350 e. The molecule has 0 aliphatic heterocycles. The molecule has 0 bridgehead atoms. The average molecular weight is 289 g/mol. The highest BCUT2D eigenvalue weighted by Gasteiger charge is 2.13. The number of benzene rings is 1. The normalized spacial score (nSPS) is 12.1. The molecule has 4 nitrogen and oxygen atoms in total. The van der Waals surface area contributed by atoms with E-state index in [0.29, 0.717) is 13.0 Å². The van der Waals surface area contributed by atoms with E-state index in [4.69, 9.17) is 5.73 Å². The number of thiazole rings is 1. The third-order valence-electron chi connectivity index (χ3n) is 3.19. The number of hydrogen-bond acceptors (Lipinski definition) is 4. The molecule has 0 fully saturated rings. The zero-order valence-corrected chi connectivity index (χ0v) is 12.3. The topological polar surface area (TPSA) is 68.0 Å². The second kappa shape index (κ2) is 7.17. The van der Waals surface area contributed by atoms with Crippen LogP contribution in [0, 0.1) is 6.92 Å². The number of nitrogens with two attached hydrogens (primary N) is 1. The Labute approximate surface area is 123 Å². The second-order valence-corrected chi connectivity index (χ2v) is 5.65. The van der Waals surface area contributed by atoms with E-state index in [1.54, 1.807) is 16.8 Å². The van der Waals surface area contributed by atoms with E-state index >= 15 is 0 Å². The van der Waals surface area contributed by atoms with E-state index in [2.05, 4.69) is 10.3 Å². The Bertz CT molecular complexity index is 553. The minimum atomic E-state index is -0.469. The maximum Gasteiger partial charge on any atom is 0.237 e. The number of hydrogen-bond donors (Lipinski definition) is 2. The third-order valence-corrected chi connectivity index (χ3v) is 4.13. The molecule has 0 radical (unpaired) electrons. The molecular formula is C15H19N3OS. The Morgan fingerprint density at radius 1 is 1.40 bits per heavy atom. The maximum atomic E-state index is 11.9. The summed E-state index contributed by atoms with van der Waals surface area (Å²) in [6.07, 6.45) is 1.46. The molecular weight excluding hydrogens is 270 g/mol. The quantitative estimate of drug-likeness (QED) is 0.855. The first-order valence-corrected chi connectivity index (χ1v) is 7.51. The van der Waals surface area contributed by atoms with Gasteiger partial charge in [-0.05, 0) is 25.3 Å². The fourth-order valence-corrected chi connectivity index (χ4v) is 2.61. The van der Waals surface area contributed by atoms with Crippen LogP contribution in [0.1, 0.15) is 22.6 Å². The molecule has 0 unspecified atom stereocenters. The smallest absolute Gasteiger partial charge is 0.237 e. The number of nitrogens with zero attached hydrogens (tertiary/aromatic N) is 1. The lowest BCUT2D eigenvalue weighted by molar-refractivity contribution is -0.122. The number of rotatable bonds is 6. The Hall–Kier alpha value is -1.72. The molecule has 5 heteroatoms. The van der Waals surface area contributed by atoms with E-state index < -0.39 is 6.04 Å². The molecule has 20 heavy (non-hydrogen) atoms. The van der Waals surface area contributed by atoms with Gasteiger partial charge in [-0.15, -0.1) is 11.3 Å². The van der Waals surface area contributed by atoms with Gasteiger partial charge in [0.05, 0.1) is 23.8 Å². The van der Waals surface area contributed by atoms with Crippen LogP contribution in [0.4, 0.5) is 0 Å². The van der Waals surface area contributed by atoms with Crippen molar-refractivity contribution >= 4 is 17.2 Å². The summed E-state index contributed by atoms with van der Waals surface area (Å²) in [6, 6.07) is 9.59. The number of aromatic nitrogens is 1. The van der Waals surface area contributed by atoms with Gasteiger partial charge in [0.1, 0.15) is 0 Å². The van der Waals surface area contributed by atoms with Gasteiger partial charge in [-0.25, -0.2) is 4.98 Å². The number of nitrogens with one attached hydrogen (secondary N) is 1. The number of amides is 1. The molecule has 0 saturated heterocycles. The molecule has 2 aromatic rings. The van der Waals surface area contributed by atoms with Crippen molar-refractivity contribution in [3.63, 3.8) is 0 Å². The molecule has 1 heterocycles. The second-order valence-electron chi connectivity index (χ2n) is 4.71. The summed E-state index contributed by atoms with van der Waals surface area (Å²) >= 11 is 1.55. The van der Waals surface area contributed by atoms with Gasteiger partial charge in [0.15, 0.2) is 0 Å². The maximum absolute atomic E-state index is 11.9. The molecule has 3 N–H and O–H groups in total. The lowest BCUT2D eigenvalue weighted by Gasteiger charge is -2.12. The Morgan fingerprint density at radius 2 is 2.15 bits per heavy atom. The van der Waals surface area contributed by atoms with Crippen molar-refractivity contribution in [2.75, 3.05) is 0 Å². The van der Waals surface area contributed by atoms with Gasteiger partial charge < -0.3 is 11.1 Å². The average Bonchev–Trinajstić information content (AvgIpc) is 2.88. The van der Waals surface area contributed by atoms with Crippen molar-refractivity contribution in [2.24, 2.45) is 5.73 Å². The molecule has 106 valence electrons. The predicted octanol–water partition coefficient (Wildman–Crippen LogP) is 2.03. The van der Waals surface area contributed by atoms with Gasteiger partial charge >= 0.3 is 0 Å². The zero-order valence-electron chi connectivity index (χ0n) is 11.5. The minimum absolute atomic E-state index is 0.103. The summed E-state index contributed by atoms with van der Waals surface area (Å²) in [5.41, 5.74) is 9.87. The van der Waals surface area contributed by atoms with Crippen molar-refractivity contribution in [1.82, 2.24) is 10.3 Å². The summed E-state index contributed by atoms with van der Waals surface area (Å²) < 4.78 is 0. The fourth-order valence-electron chi connectivity index (χ4n) is 1.89. The Morgan fingerprint density at radius 3 is 2.80 bits per heavy atom. The number of carbonyl (C=O) groups is 1. The standard InChI is InChI=1S/C15H19N3OS/c1-11-14(20-10-18-11)9-17-15(19)13(16)8-7-12-5-3-2-4-6-12/h2-6,10,13H,7-9,16H2,1H3,(H,17,19)/t13-/m0/s1. The van der Waals surface area contributed by atoms with Gasteiger partial charge in [0.25, 0.3) is 0 Å². The fraction of sp³-hybridized carbons (Fsp3) is 0.333. The summed E-state index contributed by atoms with van der Waals surface area (Å²) in [4.78, 5) is 17.1. The number of aryl methyl sites for hydroxylation is 2. The lowest BCUT2D eigenvalue weighted by atomic mass is 10.1. The summed E-state index contributed by atoms with van der Waals surface area (Å²) in [7, 11) is 0. The first-order chi connectivity index (χ1) is 9.66. The van der Waals surface area contributed by atoms with Gasteiger partial charge in [0.2, 0.25) is 5.91 Å². The van der Waals surface area contributed by atoms with Crippen molar-refractivity contribution in [3.05, 3.63) is 52.0 Å². The molecule has 0 spiro atoms. The van der Waals surface area contributed by atoms with Crippen molar-refractivity contribution in [3.8, 4) is 0 Å². The molecule has 1 atom stereocenters. The van der Waals surface area contributed by atoms with E-state index in [1.165, 1.54) is 5.56 Å². The highest BCUT2D eigenvalue weighted by atomic mass is 32.1. The SMILES string of the molecule is Cc1ncsc1CNC(=O)[C@@H](N)CCc1ccccc1. The van der Waals surface area contributed by atoms with E-state index in [1.807, 2.05) is 37.3 Å². The lowest BCUT2D eigenvalue weighted by Crippen LogP contribution is -2.40. The van der Waals surface area contributed by atoms with Gasteiger partial charge in [-0.1, -0.05) is 30.3 Å². The van der Waals surface area contributed by atoms with Crippen LogP contribution in [0.3, 0.4) is 0 Å². The van der Waals surface area contributed by atoms with E-state index in [0.717, 1.165) is 17.0 Å². The van der Waals surface area contributed by atoms with Crippen LogP contribution in [0.25, 0.3) is 0 Å². The first kappa shape index (κ1) is 14.7. The van der Waals surface area contributed by atoms with E-state index in [-0.39, 0.29) is 5.91 Å². The van der Waals surface area contributed by atoms with Crippen LogP contribution in [-0.2, 0) is 17.8 Å². The number of carbonyl (C=O) groups excluding carboxylic acids is 1. The molecule has 0 saturated carbocycles. The van der Waals surface area contributed by atoms with E-state index in [9.17, 15) is 4.79 Å². The third kappa shape index (κ3) is 4.15. The molecule has 1 amide bonds. The highest BCUT2D eigenvalue weighted by molar-refractivity contribution is 7.09. The van der Waals surface area contributed by atoms with Gasteiger partial charge in [0, 0.05) is 4.88 Å². The van der Waals surface area contributed by atoms with Gasteiger partial charge in [-0.2, -0.15) is 0 Å². The molecule has 0 aliphatic rings. The summed E-state index contributed by atoms with van der Waals surface area (Å²) in [5, 5.41) is 2.87. The van der Waals surface area contributed by atoms with Crippen LogP contribution in [-0.4, -0.2) is 16.9 Å². The predicted molar refractivity (Wildman–Crippen MR) is 81.4 cm³/mol. The Kier molecular flexibility index (Phi) is 5.26. The van der Waals surface area contributed by atoms with Crippen LogP contribution >= 0.6 is 11.3 Å². The summed E-state index contributed by atoms with van der Waals surface area (Å²) in [5.74, 6) is -0.103. The molecule has 1 aromatic heterocycles. The summed E-state index contributed by atoms with van der Waals surface area (Å²) in [6.45, 7) is 2.45. The van der Waals surface area contributed by atoms with Crippen molar-refractivity contribution in [1.29, 1.82) is 0 Å². The van der Waals surface area contributed by atoms with Crippen molar-refractivity contribution < 1.29 is 4.79 Å². The highest BCUT2D eigenvalue weighted by Crippen LogP contribution is 2.11. The molecule has 0 aliphatic carbocycles. The Balaban J connectivity index is 1.76. The van der Waals surface area contributed by atoms with Crippen molar-refractivity contribution in [2.45, 2.75) is 32.4 Å². The monoisotopic (exact) mass is 289 g/mol. The van der Waals surface area contributed by atoms with Crippen LogP contribution in [0.15, 0.2) is 35.8 Å². The van der Waals surface area contributed by atoms with Crippen LogP contribution < -0.4 is 11.1 Å². The minimum Gasteiger partial charge on any atom is -0.350 e. The molecule has 2 rings (SSSR count). The van der Waals surface area contributed by atoms with Crippen LogP contribution in [0.5, 0.6) is 0 Å². The van der Waals surface area contributed by atoms with Gasteiger partial charge in [-0.3, -0.25) is 4.79 Å². The van der Waals surface area contributed by atoms with Crippen LogP contribution in [0.2, 0.25) is 0 Å². The zero-order chi connectivity index (χ0) is 14.4. The molecule has 1 aromatic carbocycles.